The van der Waals surface area contributed by atoms with Gasteiger partial charge in [0.1, 0.15) is 11.6 Å². The summed E-state index contributed by atoms with van der Waals surface area (Å²) in [5.41, 5.74) is 0.909. The highest BCUT2D eigenvalue weighted by molar-refractivity contribution is 5.81. The lowest BCUT2D eigenvalue weighted by atomic mass is 10.2. The van der Waals surface area contributed by atoms with Gasteiger partial charge in [0.05, 0.1) is 16.6 Å². The van der Waals surface area contributed by atoms with Crippen LogP contribution in [0, 0.1) is 0 Å². The van der Waals surface area contributed by atoms with Crippen molar-refractivity contribution in [3.05, 3.63) is 48.0 Å². The van der Waals surface area contributed by atoms with Crippen molar-refractivity contribution >= 4 is 11.0 Å². The molecule has 2 aromatic carbocycles. The van der Waals surface area contributed by atoms with Crippen molar-refractivity contribution in [3.8, 4) is 17.1 Å². The molecule has 6 heteroatoms. The maximum absolute atomic E-state index is 12.7. The number of fused-ring (bicyclic) bond motifs is 1. The molecule has 0 aliphatic heterocycles. The number of halogens is 3. The van der Waals surface area contributed by atoms with Gasteiger partial charge < -0.3 is 9.67 Å². The average molecular weight is 292 g/mol. The molecule has 0 fully saturated rings. The highest BCUT2D eigenvalue weighted by Gasteiger charge is 2.31. The summed E-state index contributed by atoms with van der Waals surface area (Å²) < 4.78 is 39.9. The minimum Gasteiger partial charge on any atom is -0.508 e. The third kappa shape index (κ3) is 2.33. The number of aryl methyl sites for hydroxylation is 1. The number of aromatic hydroxyl groups is 1. The molecule has 3 aromatic rings. The molecule has 21 heavy (non-hydrogen) atoms. The molecular weight excluding hydrogens is 281 g/mol. The standard InChI is InChI=1S/C15H11F3N2O/c1-20-13-7-4-10(15(16,17)18)8-12(13)19-14(20)9-2-5-11(21)6-3-9/h2-8,21H,1H3. The molecule has 0 spiro atoms. The average Bonchev–Trinajstić information content (AvgIpc) is 2.76. The van der Waals surface area contributed by atoms with E-state index in [2.05, 4.69) is 4.98 Å². The molecule has 3 nitrogen and oxygen atoms in total. The van der Waals surface area contributed by atoms with Crippen LogP contribution in [-0.4, -0.2) is 14.7 Å². The van der Waals surface area contributed by atoms with Crippen LogP contribution in [0.15, 0.2) is 42.5 Å². The summed E-state index contributed by atoms with van der Waals surface area (Å²) in [6.07, 6.45) is -4.38. The summed E-state index contributed by atoms with van der Waals surface area (Å²) in [4.78, 5) is 4.27. The zero-order valence-corrected chi connectivity index (χ0v) is 11.0. The summed E-state index contributed by atoms with van der Waals surface area (Å²) >= 11 is 0. The van der Waals surface area contributed by atoms with Crippen molar-refractivity contribution in [1.82, 2.24) is 9.55 Å². The van der Waals surface area contributed by atoms with Gasteiger partial charge in [0.2, 0.25) is 0 Å². The Hall–Kier alpha value is -2.50. The largest absolute Gasteiger partial charge is 0.508 e. The number of hydrogen-bond donors (Lipinski definition) is 1. The second-order valence-electron chi connectivity index (χ2n) is 4.74. The molecule has 0 bridgehead atoms. The number of phenolic OH excluding ortho intramolecular Hbond substituents is 1. The Morgan fingerprint density at radius 2 is 1.71 bits per heavy atom. The minimum absolute atomic E-state index is 0.122. The zero-order valence-electron chi connectivity index (χ0n) is 11.0. The van der Waals surface area contributed by atoms with Crippen molar-refractivity contribution < 1.29 is 18.3 Å². The van der Waals surface area contributed by atoms with E-state index in [1.54, 1.807) is 23.7 Å². The summed E-state index contributed by atoms with van der Waals surface area (Å²) in [6, 6.07) is 9.85. The number of alkyl halides is 3. The van der Waals surface area contributed by atoms with Crippen LogP contribution >= 0.6 is 0 Å². The molecule has 0 atom stereocenters. The lowest BCUT2D eigenvalue weighted by Gasteiger charge is -2.06. The van der Waals surface area contributed by atoms with Crippen LogP contribution in [0.3, 0.4) is 0 Å². The Morgan fingerprint density at radius 1 is 1.05 bits per heavy atom. The monoisotopic (exact) mass is 292 g/mol. The number of aromatic nitrogens is 2. The van der Waals surface area contributed by atoms with Gasteiger partial charge >= 0.3 is 6.18 Å². The first kappa shape index (κ1) is 13.5. The van der Waals surface area contributed by atoms with Gasteiger partial charge in [0, 0.05) is 12.6 Å². The maximum Gasteiger partial charge on any atom is 0.416 e. The first-order valence-corrected chi connectivity index (χ1v) is 6.19. The molecule has 108 valence electrons. The lowest BCUT2D eigenvalue weighted by Crippen LogP contribution is -2.04. The number of imidazole rings is 1. The number of nitrogens with zero attached hydrogens (tertiary/aromatic N) is 2. The van der Waals surface area contributed by atoms with Crippen molar-refractivity contribution in [1.29, 1.82) is 0 Å². The van der Waals surface area contributed by atoms with E-state index < -0.39 is 11.7 Å². The highest BCUT2D eigenvalue weighted by Crippen LogP contribution is 2.32. The Morgan fingerprint density at radius 3 is 2.33 bits per heavy atom. The molecule has 0 amide bonds. The molecular formula is C15H11F3N2O. The van der Waals surface area contributed by atoms with Crippen LogP contribution in [0.2, 0.25) is 0 Å². The van der Waals surface area contributed by atoms with Gasteiger partial charge in [0.25, 0.3) is 0 Å². The van der Waals surface area contributed by atoms with Gasteiger partial charge in [-0.3, -0.25) is 0 Å². The quantitative estimate of drug-likeness (QED) is 0.737. The van der Waals surface area contributed by atoms with Crippen LogP contribution < -0.4 is 0 Å². The fourth-order valence-electron chi connectivity index (χ4n) is 2.24. The van der Waals surface area contributed by atoms with Gasteiger partial charge in [-0.1, -0.05) is 0 Å². The topological polar surface area (TPSA) is 38.0 Å². The van der Waals surface area contributed by atoms with E-state index in [0.717, 1.165) is 17.7 Å². The van der Waals surface area contributed by atoms with Crippen LogP contribution in [0.25, 0.3) is 22.4 Å². The lowest BCUT2D eigenvalue weighted by molar-refractivity contribution is -0.137. The van der Waals surface area contributed by atoms with Gasteiger partial charge in [-0.25, -0.2) is 4.98 Å². The summed E-state index contributed by atoms with van der Waals surface area (Å²) in [6.45, 7) is 0. The molecule has 0 saturated carbocycles. The summed E-state index contributed by atoms with van der Waals surface area (Å²) in [5.74, 6) is 0.668. The fourth-order valence-corrected chi connectivity index (χ4v) is 2.24. The molecule has 0 aliphatic rings. The second kappa shape index (κ2) is 4.51. The molecule has 0 saturated heterocycles. The molecule has 3 rings (SSSR count). The van der Waals surface area contributed by atoms with E-state index in [0.29, 0.717) is 11.3 Å². The number of hydrogen-bond acceptors (Lipinski definition) is 2. The summed E-state index contributed by atoms with van der Waals surface area (Å²) in [7, 11) is 1.74. The third-order valence-corrected chi connectivity index (χ3v) is 3.33. The van der Waals surface area contributed by atoms with Gasteiger partial charge in [-0.05, 0) is 42.5 Å². The zero-order chi connectivity index (χ0) is 15.2. The van der Waals surface area contributed by atoms with Crippen LogP contribution in [0.5, 0.6) is 5.75 Å². The van der Waals surface area contributed by atoms with Crippen LogP contribution in [0.4, 0.5) is 13.2 Å². The smallest absolute Gasteiger partial charge is 0.416 e. The number of phenols is 1. The normalized spacial score (nSPS) is 12.0. The Kier molecular flexibility index (Phi) is 2.90. The first-order chi connectivity index (χ1) is 9.86. The highest BCUT2D eigenvalue weighted by atomic mass is 19.4. The fraction of sp³-hybridized carbons (Fsp3) is 0.133. The maximum atomic E-state index is 12.7. The van der Waals surface area contributed by atoms with Crippen molar-refractivity contribution in [2.24, 2.45) is 7.05 Å². The molecule has 1 aromatic heterocycles. The third-order valence-electron chi connectivity index (χ3n) is 3.33. The predicted molar refractivity (Wildman–Crippen MR) is 72.8 cm³/mol. The molecule has 0 radical (unpaired) electrons. The Balaban J connectivity index is 2.17. The molecule has 0 unspecified atom stereocenters. The van der Waals surface area contributed by atoms with E-state index in [1.807, 2.05) is 0 Å². The van der Waals surface area contributed by atoms with Crippen molar-refractivity contribution in [3.63, 3.8) is 0 Å². The first-order valence-electron chi connectivity index (χ1n) is 6.19. The second-order valence-corrected chi connectivity index (χ2v) is 4.74. The SMILES string of the molecule is Cn1c(-c2ccc(O)cc2)nc2cc(C(F)(F)F)ccc21. The van der Waals surface area contributed by atoms with Crippen molar-refractivity contribution in [2.75, 3.05) is 0 Å². The Bertz CT molecular complexity index is 804. The number of benzene rings is 2. The van der Waals surface area contributed by atoms with Gasteiger partial charge in [-0.15, -0.1) is 0 Å². The van der Waals surface area contributed by atoms with E-state index in [1.165, 1.54) is 18.2 Å². The summed E-state index contributed by atoms with van der Waals surface area (Å²) in [5, 5.41) is 9.29. The van der Waals surface area contributed by atoms with E-state index >= 15 is 0 Å². The molecule has 1 heterocycles. The van der Waals surface area contributed by atoms with Gasteiger partial charge in [-0.2, -0.15) is 13.2 Å². The Labute approximate surface area is 118 Å². The number of rotatable bonds is 1. The molecule has 1 N–H and O–H groups in total. The van der Waals surface area contributed by atoms with E-state index in [-0.39, 0.29) is 11.3 Å². The van der Waals surface area contributed by atoms with E-state index in [4.69, 9.17) is 0 Å². The molecule has 0 aliphatic carbocycles. The van der Waals surface area contributed by atoms with Crippen LogP contribution in [0.1, 0.15) is 5.56 Å². The minimum atomic E-state index is -4.38. The van der Waals surface area contributed by atoms with Crippen LogP contribution in [-0.2, 0) is 13.2 Å². The van der Waals surface area contributed by atoms with Gasteiger partial charge in [0.15, 0.2) is 0 Å². The van der Waals surface area contributed by atoms with E-state index in [9.17, 15) is 18.3 Å². The van der Waals surface area contributed by atoms with Crippen molar-refractivity contribution in [2.45, 2.75) is 6.18 Å². The predicted octanol–water partition coefficient (Wildman–Crippen LogP) is 3.96.